The summed E-state index contributed by atoms with van der Waals surface area (Å²) < 4.78 is 0. The van der Waals surface area contributed by atoms with Crippen molar-refractivity contribution in [2.45, 2.75) is 18.8 Å². The van der Waals surface area contributed by atoms with Crippen molar-refractivity contribution in [3.8, 4) is 6.07 Å². The Morgan fingerprint density at radius 1 is 1.19 bits per heavy atom. The quantitative estimate of drug-likeness (QED) is 0.929. The van der Waals surface area contributed by atoms with E-state index in [0.29, 0.717) is 19.5 Å². The first-order chi connectivity index (χ1) is 12.6. The number of nitriles is 1. The minimum atomic E-state index is -0.180. The van der Waals surface area contributed by atoms with Gasteiger partial charge in [-0.05, 0) is 22.8 Å². The van der Waals surface area contributed by atoms with Crippen LogP contribution in [0.4, 0.5) is 5.69 Å². The van der Waals surface area contributed by atoms with Crippen LogP contribution in [0.25, 0.3) is 0 Å². The van der Waals surface area contributed by atoms with Gasteiger partial charge in [0.25, 0.3) is 0 Å². The van der Waals surface area contributed by atoms with E-state index in [9.17, 15) is 14.9 Å². The van der Waals surface area contributed by atoms with Crippen molar-refractivity contribution >= 4 is 17.5 Å². The van der Waals surface area contributed by atoms with Crippen LogP contribution in [0.1, 0.15) is 22.6 Å². The Morgan fingerprint density at radius 3 is 2.77 bits per heavy atom. The van der Waals surface area contributed by atoms with Crippen molar-refractivity contribution in [3.05, 3.63) is 65.2 Å². The van der Waals surface area contributed by atoms with Crippen LogP contribution < -0.4 is 5.32 Å². The highest BCUT2D eigenvalue weighted by Crippen LogP contribution is 2.32. The van der Waals surface area contributed by atoms with Crippen LogP contribution in [0.2, 0.25) is 0 Å². The maximum absolute atomic E-state index is 12.7. The molecule has 1 fully saturated rings. The Hall–Kier alpha value is -3.13. The lowest BCUT2D eigenvalue weighted by molar-refractivity contribution is -0.129. The molecular formula is C21H19N3O2. The third-order valence-electron chi connectivity index (χ3n) is 5.22. The summed E-state index contributed by atoms with van der Waals surface area (Å²) in [5, 5.41) is 12.3. The van der Waals surface area contributed by atoms with Crippen molar-refractivity contribution in [2.24, 2.45) is 5.92 Å². The lowest BCUT2D eigenvalue weighted by Gasteiger charge is -2.17. The van der Waals surface area contributed by atoms with E-state index in [2.05, 4.69) is 11.4 Å². The molecule has 1 saturated heterocycles. The van der Waals surface area contributed by atoms with E-state index in [0.717, 1.165) is 22.4 Å². The molecule has 0 spiro atoms. The summed E-state index contributed by atoms with van der Waals surface area (Å²) in [6, 6.07) is 18.0. The van der Waals surface area contributed by atoms with Crippen LogP contribution in [-0.4, -0.2) is 29.8 Å². The predicted octanol–water partition coefficient (Wildman–Crippen LogP) is 2.49. The Morgan fingerprint density at radius 2 is 2.00 bits per heavy atom. The smallest absolute Gasteiger partial charge is 0.228 e. The largest absolute Gasteiger partial charge is 0.340 e. The minimum Gasteiger partial charge on any atom is -0.340 e. The second-order valence-electron chi connectivity index (χ2n) is 6.94. The van der Waals surface area contributed by atoms with Crippen LogP contribution in [0, 0.1) is 17.2 Å². The van der Waals surface area contributed by atoms with E-state index in [4.69, 9.17) is 0 Å². The van der Waals surface area contributed by atoms with Crippen molar-refractivity contribution in [1.82, 2.24) is 4.90 Å². The van der Waals surface area contributed by atoms with Crippen molar-refractivity contribution in [2.75, 3.05) is 18.4 Å². The van der Waals surface area contributed by atoms with Crippen LogP contribution >= 0.6 is 0 Å². The molecule has 0 saturated carbocycles. The zero-order valence-electron chi connectivity index (χ0n) is 14.3. The van der Waals surface area contributed by atoms with Crippen molar-refractivity contribution in [3.63, 3.8) is 0 Å². The maximum Gasteiger partial charge on any atom is 0.228 e. The fraction of sp³-hybridized carbons (Fsp3) is 0.286. The van der Waals surface area contributed by atoms with E-state index < -0.39 is 0 Å². The number of amides is 2. The van der Waals surface area contributed by atoms with Gasteiger partial charge < -0.3 is 10.2 Å². The molecule has 0 aliphatic carbocycles. The molecular weight excluding hydrogens is 326 g/mol. The van der Waals surface area contributed by atoms with Gasteiger partial charge in [0.05, 0.1) is 24.8 Å². The number of carbonyl (C=O) groups excluding carboxylic acids is 2. The van der Waals surface area contributed by atoms with E-state index in [-0.39, 0.29) is 30.1 Å². The number of carbonyl (C=O) groups is 2. The van der Waals surface area contributed by atoms with Gasteiger partial charge in [0.15, 0.2) is 0 Å². The van der Waals surface area contributed by atoms with Gasteiger partial charge in [0, 0.05) is 24.7 Å². The minimum absolute atomic E-state index is 0.00872. The second kappa shape index (κ2) is 6.64. The third-order valence-corrected chi connectivity index (χ3v) is 5.22. The monoisotopic (exact) mass is 345 g/mol. The number of nitrogens with zero attached hydrogens (tertiary/aromatic N) is 2. The summed E-state index contributed by atoms with van der Waals surface area (Å²) in [7, 11) is 0. The van der Waals surface area contributed by atoms with E-state index in [1.807, 2.05) is 48.5 Å². The molecule has 2 atom stereocenters. The maximum atomic E-state index is 12.7. The second-order valence-corrected chi connectivity index (χ2v) is 6.94. The molecule has 5 nitrogen and oxygen atoms in total. The van der Waals surface area contributed by atoms with Gasteiger partial charge in [-0.25, -0.2) is 0 Å². The molecule has 2 amide bonds. The SMILES string of the molecule is N#C[C@@H]1CN(C(=O)Cc2ccc3c(c2)NC(=O)C3)C[C@H]1c1ccccc1. The Kier molecular flexibility index (Phi) is 4.18. The topological polar surface area (TPSA) is 73.2 Å². The first-order valence-electron chi connectivity index (χ1n) is 8.78. The van der Waals surface area contributed by atoms with Gasteiger partial charge in [0.2, 0.25) is 11.8 Å². The number of benzene rings is 2. The van der Waals surface area contributed by atoms with E-state index in [1.54, 1.807) is 4.90 Å². The van der Waals surface area contributed by atoms with Gasteiger partial charge >= 0.3 is 0 Å². The summed E-state index contributed by atoms with van der Waals surface area (Å²) in [5.74, 6) is -0.108. The van der Waals surface area contributed by atoms with Gasteiger partial charge in [-0.1, -0.05) is 42.5 Å². The molecule has 1 N–H and O–H groups in total. The first kappa shape index (κ1) is 16.3. The number of fused-ring (bicyclic) bond motifs is 1. The highest BCUT2D eigenvalue weighted by molar-refractivity contribution is 5.99. The summed E-state index contributed by atoms with van der Waals surface area (Å²) in [4.78, 5) is 26.0. The Labute approximate surface area is 152 Å². The summed E-state index contributed by atoms with van der Waals surface area (Å²) in [6.45, 7) is 1.04. The van der Waals surface area contributed by atoms with Gasteiger partial charge in [0.1, 0.15) is 0 Å². The molecule has 0 bridgehead atoms. The summed E-state index contributed by atoms with van der Waals surface area (Å²) in [5.41, 5.74) is 3.77. The highest BCUT2D eigenvalue weighted by Gasteiger charge is 2.36. The standard InChI is InChI=1S/C21H19N3O2/c22-11-17-12-24(13-18(17)15-4-2-1-3-5-15)21(26)9-14-6-7-16-10-20(25)23-19(16)8-14/h1-8,17-18H,9-10,12-13H2,(H,23,25)/t17-,18+/m1/s1. The van der Waals surface area contributed by atoms with E-state index >= 15 is 0 Å². The molecule has 5 heteroatoms. The van der Waals surface area contributed by atoms with Crippen molar-refractivity contribution < 1.29 is 9.59 Å². The molecule has 0 unspecified atom stereocenters. The van der Waals surface area contributed by atoms with Crippen LogP contribution in [-0.2, 0) is 22.4 Å². The molecule has 130 valence electrons. The number of hydrogen-bond donors (Lipinski definition) is 1. The number of hydrogen-bond acceptors (Lipinski definition) is 3. The fourth-order valence-electron chi connectivity index (χ4n) is 3.83. The summed E-state index contributed by atoms with van der Waals surface area (Å²) >= 11 is 0. The molecule has 2 aromatic rings. The number of likely N-dealkylation sites (tertiary alicyclic amines) is 1. The third kappa shape index (κ3) is 3.06. The molecule has 2 aromatic carbocycles. The lowest BCUT2D eigenvalue weighted by Crippen LogP contribution is -2.30. The molecule has 2 aliphatic rings. The number of anilines is 1. The van der Waals surface area contributed by atoms with Crippen molar-refractivity contribution in [1.29, 1.82) is 5.26 Å². The molecule has 4 rings (SSSR count). The van der Waals surface area contributed by atoms with Gasteiger partial charge in [-0.3, -0.25) is 9.59 Å². The number of nitrogens with one attached hydrogen (secondary N) is 1. The zero-order chi connectivity index (χ0) is 18.1. The highest BCUT2D eigenvalue weighted by atomic mass is 16.2. The molecule has 0 radical (unpaired) electrons. The van der Waals surface area contributed by atoms with Gasteiger partial charge in [-0.15, -0.1) is 0 Å². The van der Waals surface area contributed by atoms with Crippen LogP contribution in [0.5, 0.6) is 0 Å². The van der Waals surface area contributed by atoms with Crippen LogP contribution in [0.3, 0.4) is 0 Å². The van der Waals surface area contributed by atoms with Gasteiger partial charge in [-0.2, -0.15) is 5.26 Å². The molecule has 2 heterocycles. The summed E-state index contributed by atoms with van der Waals surface area (Å²) in [6.07, 6.45) is 0.682. The molecule has 0 aromatic heterocycles. The van der Waals surface area contributed by atoms with E-state index in [1.165, 1.54) is 0 Å². The fourth-order valence-corrected chi connectivity index (χ4v) is 3.83. The zero-order valence-corrected chi connectivity index (χ0v) is 14.3. The Bertz CT molecular complexity index is 901. The van der Waals surface area contributed by atoms with Crippen LogP contribution in [0.15, 0.2) is 48.5 Å². The molecule has 26 heavy (non-hydrogen) atoms. The predicted molar refractivity (Wildman–Crippen MR) is 97.3 cm³/mol. The number of rotatable bonds is 3. The Balaban J connectivity index is 1.47. The first-order valence-corrected chi connectivity index (χ1v) is 8.78. The lowest BCUT2D eigenvalue weighted by atomic mass is 9.90. The average molecular weight is 345 g/mol. The average Bonchev–Trinajstić information content (AvgIpc) is 3.24. The normalized spacial score (nSPS) is 21.2. The molecule has 2 aliphatic heterocycles.